The van der Waals surface area contributed by atoms with Gasteiger partial charge in [0, 0.05) is 24.7 Å². The summed E-state index contributed by atoms with van der Waals surface area (Å²) in [6.45, 7) is 6.01. The topological polar surface area (TPSA) is 40.5 Å². The van der Waals surface area contributed by atoms with Crippen molar-refractivity contribution in [2.75, 3.05) is 13.1 Å². The largest absolute Gasteiger partial charge is 0.478 e. The first-order valence-electron chi connectivity index (χ1n) is 5.47. The van der Waals surface area contributed by atoms with Gasteiger partial charge in [-0.2, -0.15) is 0 Å². The Morgan fingerprint density at radius 1 is 1.47 bits per heavy atom. The maximum Gasteiger partial charge on any atom is 0.335 e. The van der Waals surface area contributed by atoms with Gasteiger partial charge >= 0.3 is 5.97 Å². The summed E-state index contributed by atoms with van der Waals surface area (Å²) in [5, 5.41) is 9.56. The number of hydrogen-bond donors (Lipinski definition) is 1. The zero-order valence-electron chi connectivity index (χ0n) is 9.45. The maximum atomic E-state index is 10.9. The molecule has 1 aliphatic rings. The highest BCUT2D eigenvalue weighted by Gasteiger charge is 2.17. The molecule has 0 aliphatic carbocycles. The summed E-state index contributed by atoms with van der Waals surface area (Å²) in [5.74, 6) is -0.883. The monoisotopic (exact) mass is 251 g/mol. The Kier molecular flexibility index (Phi) is 3.50. The number of benzene rings is 1. The summed E-state index contributed by atoms with van der Waals surface area (Å²) in [4.78, 5) is 13.1. The molecule has 1 aromatic carbocycles. The van der Waals surface area contributed by atoms with Gasteiger partial charge in [-0.15, -0.1) is 0 Å². The minimum absolute atomic E-state index is 0.343. The Hall–Kier alpha value is -1.32. The fraction of sp³-hybridized carbons (Fsp3) is 0.308. The molecule has 0 bridgehead atoms. The second kappa shape index (κ2) is 4.90. The lowest BCUT2D eigenvalue weighted by Crippen LogP contribution is -2.31. The van der Waals surface area contributed by atoms with Gasteiger partial charge in [-0.1, -0.05) is 24.2 Å². The quantitative estimate of drug-likeness (QED) is 0.897. The predicted molar refractivity (Wildman–Crippen MR) is 67.4 cm³/mol. The molecule has 0 fully saturated rings. The molecule has 2 rings (SSSR count). The lowest BCUT2D eigenvalue weighted by molar-refractivity contribution is 0.0696. The Morgan fingerprint density at radius 2 is 2.24 bits per heavy atom. The Labute approximate surface area is 105 Å². The smallest absolute Gasteiger partial charge is 0.335 e. The van der Waals surface area contributed by atoms with Crippen molar-refractivity contribution in [3.8, 4) is 0 Å². The van der Waals surface area contributed by atoms with Crippen molar-refractivity contribution >= 4 is 17.6 Å². The van der Waals surface area contributed by atoms with E-state index in [1.807, 2.05) is 6.07 Å². The van der Waals surface area contributed by atoms with E-state index in [1.54, 1.807) is 12.1 Å². The van der Waals surface area contributed by atoms with Gasteiger partial charge in [-0.05, 0) is 29.7 Å². The van der Waals surface area contributed by atoms with Crippen LogP contribution in [0.1, 0.15) is 21.5 Å². The van der Waals surface area contributed by atoms with Crippen LogP contribution >= 0.6 is 11.6 Å². The average Bonchev–Trinajstić information content (AvgIpc) is 2.27. The lowest BCUT2D eigenvalue weighted by atomic mass is 9.97. The van der Waals surface area contributed by atoms with Gasteiger partial charge in [-0.25, -0.2) is 4.79 Å². The second-order valence-electron chi connectivity index (χ2n) is 4.27. The first kappa shape index (κ1) is 12.1. The van der Waals surface area contributed by atoms with E-state index in [4.69, 9.17) is 16.7 Å². The fourth-order valence-corrected chi connectivity index (χ4v) is 2.30. The van der Waals surface area contributed by atoms with Gasteiger partial charge in [0.2, 0.25) is 0 Å². The van der Waals surface area contributed by atoms with Crippen molar-refractivity contribution in [2.45, 2.75) is 13.0 Å². The van der Waals surface area contributed by atoms with Crippen LogP contribution in [-0.2, 0) is 13.0 Å². The number of carboxylic acids is 1. The molecule has 90 valence electrons. The van der Waals surface area contributed by atoms with E-state index in [0.29, 0.717) is 17.1 Å². The summed E-state index contributed by atoms with van der Waals surface area (Å²) in [6.07, 6.45) is 0.930. The van der Waals surface area contributed by atoms with E-state index in [-0.39, 0.29) is 0 Å². The van der Waals surface area contributed by atoms with Crippen LogP contribution in [0, 0.1) is 0 Å². The number of carboxylic acid groups (broad SMARTS) is 1. The number of halogens is 1. The van der Waals surface area contributed by atoms with Crippen LogP contribution in [0.2, 0.25) is 0 Å². The van der Waals surface area contributed by atoms with E-state index in [9.17, 15) is 4.79 Å². The van der Waals surface area contributed by atoms with Crippen LogP contribution in [-0.4, -0.2) is 29.1 Å². The highest BCUT2D eigenvalue weighted by atomic mass is 35.5. The van der Waals surface area contributed by atoms with Crippen LogP contribution in [0.4, 0.5) is 0 Å². The molecule has 1 aromatic rings. The average molecular weight is 252 g/mol. The molecule has 0 spiro atoms. The van der Waals surface area contributed by atoms with Crippen molar-refractivity contribution in [3.05, 3.63) is 46.5 Å². The standard InChI is InChI=1S/C13H14ClNO2/c1-9(14)7-15-5-4-10-2-3-11(13(16)17)6-12(10)8-15/h2-3,6H,1,4-5,7-8H2,(H,16,17). The van der Waals surface area contributed by atoms with E-state index in [0.717, 1.165) is 25.1 Å². The molecule has 0 radical (unpaired) electrons. The van der Waals surface area contributed by atoms with Gasteiger partial charge in [-0.3, -0.25) is 4.90 Å². The van der Waals surface area contributed by atoms with Crippen molar-refractivity contribution in [1.82, 2.24) is 4.90 Å². The number of carbonyl (C=O) groups is 1. The maximum absolute atomic E-state index is 10.9. The molecular formula is C13H14ClNO2. The molecule has 1 aliphatic heterocycles. The van der Waals surface area contributed by atoms with E-state index in [2.05, 4.69) is 11.5 Å². The SMILES string of the molecule is C=C(Cl)CN1CCc2ccc(C(=O)O)cc2C1. The summed E-state index contributed by atoms with van der Waals surface area (Å²) in [6, 6.07) is 5.32. The van der Waals surface area contributed by atoms with Crippen LogP contribution in [0.25, 0.3) is 0 Å². The van der Waals surface area contributed by atoms with E-state index < -0.39 is 5.97 Å². The van der Waals surface area contributed by atoms with Gasteiger partial charge < -0.3 is 5.11 Å². The summed E-state index contributed by atoms with van der Waals surface area (Å²) >= 11 is 5.79. The minimum atomic E-state index is -0.883. The normalized spacial score (nSPS) is 15.4. The molecule has 17 heavy (non-hydrogen) atoms. The lowest BCUT2D eigenvalue weighted by Gasteiger charge is -2.28. The minimum Gasteiger partial charge on any atom is -0.478 e. The molecule has 0 amide bonds. The Balaban J connectivity index is 2.20. The van der Waals surface area contributed by atoms with E-state index >= 15 is 0 Å². The third-order valence-corrected chi connectivity index (χ3v) is 3.06. The Morgan fingerprint density at radius 3 is 2.88 bits per heavy atom. The predicted octanol–water partition coefficient (Wildman–Crippen LogP) is 2.50. The molecular weight excluding hydrogens is 238 g/mol. The van der Waals surface area contributed by atoms with E-state index in [1.165, 1.54) is 5.56 Å². The molecule has 1 N–H and O–H groups in total. The van der Waals surface area contributed by atoms with Gasteiger partial charge in [0.25, 0.3) is 0 Å². The van der Waals surface area contributed by atoms with Crippen molar-refractivity contribution < 1.29 is 9.90 Å². The molecule has 1 heterocycles. The summed E-state index contributed by atoms with van der Waals surface area (Å²) in [7, 11) is 0. The zero-order valence-corrected chi connectivity index (χ0v) is 10.2. The summed E-state index contributed by atoms with van der Waals surface area (Å²) < 4.78 is 0. The zero-order chi connectivity index (χ0) is 12.4. The molecule has 0 aromatic heterocycles. The highest BCUT2D eigenvalue weighted by Crippen LogP contribution is 2.21. The van der Waals surface area contributed by atoms with Crippen LogP contribution in [0.15, 0.2) is 29.8 Å². The first-order valence-corrected chi connectivity index (χ1v) is 5.85. The fourth-order valence-electron chi connectivity index (χ4n) is 2.13. The number of nitrogens with zero attached hydrogens (tertiary/aromatic N) is 1. The van der Waals surface area contributed by atoms with Crippen LogP contribution in [0.5, 0.6) is 0 Å². The molecule has 0 atom stereocenters. The summed E-state index contributed by atoms with van der Waals surface area (Å²) in [5.41, 5.74) is 2.65. The second-order valence-corrected chi connectivity index (χ2v) is 4.80. The Bertz CT molecular complexity index is 470. The molecule has 4 heteroatoms. The highest BCUT2D eigenvalue weighted by molar-refractivity contribution is 6.29. The molecule has 0 saturated carbocycles. The van der Waals surface area contributed by atoms with Crippen LogP contribution in [0.3, 0.4) is 0 Å². The third-order valence-electron chi connectivity index (χ3n) is 2.94. The third kappa shape index (κ3) is 2.87. The number of fused-ring (bicyclic) bond motifs is 1. The first-order chi connectivity index (χ1) is 8.06. The number of aromatic carboxylic acids is 1. The van der Waals surface area contributed by atoms with Crippen LogP contribution < -0.4 is 0 Å². The number of rotatable bonds is 3. The van der Waals surface area contributed by atoms with Crippen molar-refractivity contribution in [1.29, 1.82) is 0 Å². The molecule has 0 unspecified atom stereocenters. The van der Waals surface area contributed by atoms with Gasteiger partial charge in [0.05, 0.1) is 5.56 Å². The van der Waals surface area contributed by atoms with Crippen molar-refractivity contribution in [3.63, 3.8) is 0 Å². The van der Waals surface area contributed by atoms with Crippen molar-refractivity contribution in [2.24, 2.45) is 0 Å². The number of hydrogen-bond acceptors (Lipinski definition) is 2. The van der Waals surface area contributed by atoms with Gasteiger partial charge in [0.1, 0.15) is 0 Å². The van der Waals surface area contributed by atoms with Gasteiger partial charge in [0.15, 0.2) is 0 Å². The molecule has 0 saturated heterocycles. The molecule has 3 nitrogen and oxygen atoms in total.